The largest absolute Gasteiger partial charge is 0.248 e. The van der Waals surface area contributed by atoms with Gasteiger partial charge in [0.05, 0.1) is 22.8 Å². The van der Waals surface area contributed by atoms with Gasteiger partial charge in [-0.3, -0.25) is 0 Å². The van der Waals surface area contributed by atoms with Crippen molar-refractivity contribution in [2.75, 3.05) is 0 Å². The Morgan fingerprint density at radius 3 is 1.03 bits per heavy atom. The van der Waals surface area contributed by atoms with Crippen LogP contribution in [0.25, 0.3) is 216 Å². The Morgan fingerprint density at radius 1 is 0.170 bits per heavy atom. The van der Waals surface area contributed by atoms with E-state index in [2.05, 4.69) is 334 Å². The zero-order valence-electron chi connectivity index (χ0n) is 53.9. The van der Waals surface area contributed by atoms with Crippen LogP contribution in [0.15, 0.2) is 334 Å². The predicted octanol–water partition coefficient (Wildman–Crippen LogP) is 27.2. The molecule has 4 aromatic heterocycles. The molecule has 21 rings (SSSR count). The number of hydrogen-bond donors (Lipinski definition) is 0. The average molecular weight is 1300 g/mol. The Labute approximate surface area is 583 Å². The predicted molar refractivity (Wildman–Crippen MR) is 429 cm³/mol. The second-order valence-corrected chi connectivity index (χ2v) is 28.4. The van der Waals surface area contributed by atoms with Crippen LogP contribution in [0.1, 0.15) is 0 Å². The lowest BCUT2D eigenvalue weighted by atomic mass is 9.86. The van der Waals surface area contributed by atoms with E-state index in [1.807, 2.05) is 22.7 Å². The molecule has 0 N–H and O–H groups in total. The first-order chi connectivity index (χ1) is 49.6. The van der Waals surface area contributed by atoms with Gasteiger partial charge in [-0.25, -0.2) is 15.0 Å². The Balaban J connectivity index is 0.664. The Bertz CT molecular complexity index is 6860. The topological polar surface area (TPSA) is 38.7 Å². The maximum atomic E-state index is 5.61. The molecule has 0 aliphatic heterocycles. The quantitative estimate of drug-likeness (QED) is 0.112. The fourth-order valence-corrected chi connectivity index (χ4v) is 18.9. The summed E-state index contributed by atoms with van der Waals surface area (Å²) >= 11 is 3.80. The molecule has 17 aromatic carbocycles. The van der Waals surface area contributed by atoms with Crippen LogP contribution in [0.5, 0.6) is 0 Å². The standard InChI is InChI=1S/C95H55N3S2/c1-3-23-56(24-4-1)83-55-84(57-25-5-2-6-26-57)98-95(97-83)92-74-40-18-14-36-70(74)88(71-37-15-19-41-75(71)92)62-47-50-86-80(54-62)91-67-33-11-8-31-65(67)78-52-59(45-48-77(78)94(91)100-86)58-27-21-28-60(51-58)81-43-22-44-82(96-81)89-72-38-16-12-34-68(72)87(69-35-13-17-39-73(69)89)61-46-49-85-79(53-61)90-66-32-10-7-29-63(66)64-30-9-20-42-76(64)93(90)99-85/h1-55H. The molecule has 0 unspecified atom stereocenters. The molecular formula is C95H55N3S2. The third kappa shape index (κ3) is 8.79. The van der Waals surface area contributed by atoms with Gasteiger partial charge < -0.3 is 0 Å². The van der Waals surface area contributed by atoms with Crippen LogP contribution >= 0.6 is 22.7 Å². The lowest BCUT2D eigenvalue weighted by molar-refractivity contribution is 1.19. The zero-order valence-corrected chi connectivity index (χ0v) is 55.5. The zero-order chi connectivity index (χ0) is 65.5. The summed E-state index contributed by atoms with van der Waals surface area (Å²) < 4.78 is 5.20. The molecule has 0 saturated carbocycles. The fourth-order valence-electron chi connectivity index (χ4n) is 16.4. The van der Waals surface area contributed by atoms with E-state index < -0.39 is 0 Å². The van der Waals surface area contributed by atoms with E-state index in [4.69, 9.17) is 15.0 Å². The SMILES string of the molecule is c1ccc(-c2cc(-c3ccccc3)nc(-c3c4ccccc4c(-c4ccc5sc6c7ccc(-c8cccc(-c9cccc(-c%10c%11ccccc%11c(-c%11ccc%12sc%13c%14ccccc%14c%14ccccc%14c%13c%12c%11)c%11ccccc%10%11)n9)c8)cc7c7ccccc7c6c5c4)c4ccccc34)n2)cc1. The highest BCUT2D eigenvalue weighted by atomic mass is 32.1. The summed E-state index contributed by atoms with van der Waals surface area (Å²) in [5, 5.41) is 24.7. The van der Waals surface area contributed by atoms with Crippen molar-refractivity contribution in [3.8, 4) is 89.8 Å². The van der Waals surface area contributed by atoms with Crippen LogP contribution in [0, 0.1) is 0 Å². The van der Waals surface area contributed by atoms with Crippen molar-refractivity contribution in [3.05, 3.63) is 334 Å². The second-order valence-electron chi connectivity index (χ2n) is 26.3. The number of pyridine rings is 1. The van der Waals surface area contributed by atoms with E-state index in [1.165, 1.54) is 127 Å². The third-order valence-electron chi connectivity index (χ3n) is 20.8. The van der Waals surface area contributed by atoms with Gasteiger partial charge in [0.25, 0.3) is 0 Å². The van der Waals surface area contributed by atoms with E-state index >= 15 is 0 Å². The highest BCUT2D eigenvalue weighted by molar-refractivity contribution is 7.27. The smallest absolute Gasteiger partial charge is 0.161 e. The van der Waals surface area contributed by atoms with Gasteiger partial charge in [0.1, 0.15) is 0 Å². The molecule has 4 heterocycles. The van der Waals surface area contributed by atoms with Gasteiger partial charge in [0.2, 0.25) is 0 Å². The van der Waals surface area contributed by atoms with Gasteiger partial charge in [-0.15, -0.1) is 22.7 Å². The lowest BCUT2D eigenvalue weighted by Gasteiger charge is -2.18. The number of benzene rings is 17. The Kier molecular flexibility index (Phi) is 12.8. The van der Waals surface area contributed by atoms with E-state index in [9.17, 15) is 0 Å². The van der Waals surface area contributed by atoms with Gasteiger partial charge in [-0.1, -0.05) is 279 Å². The van der Waals surface area contributed by atoms with Crippen LogP contribution in [0.2, 0.25) is 0 Å². The molecule has 0 radical (unpaired) electrons. The number of thiophene rings is 2. The molecule has 0 atom stereocenters. The van der Waals surface area contributed by atoms with E-state index in [0.29, 0.717) is 5.82 Å². The van der Waals surface area contributed by atoms with Gasteiger partial charge >= 0.3 is 0 Å². The molecule has 3 nitrogen and oxygen atoms in total. The molecule has 0 aliphatic rings. The number of fused-ring (bicyclic) bond motifs is 20. The van der Waals surface area contributed by atoms with Crippen molar-refractivity contribution < 1.29 is 0 Å². The normalized spacial score (nSPS) is 12.0. The van der Waals surface area contributed by atoms with Gasteiger partial charge in [0.15, 0.2) is 5.82 Å². The molecular weight excluding hydrogens is 1250 g/mol. The van der Waals surface area contributed by atoms with Crippen LogP contribution in [-0.2, 0) is 0 Å². The maximum absolute atomic E-state index is 5.61. The Hall–Kier alpha value is -12.5. The van der Waals surface area contributed by atoms with Crippen molar-refractivity contribution in [3.63, 3.8) is 0 Å². The van der Waals surface area contributed by atoms with Gasteiger partial charge in [-0.05, 0) is 163 Å². The lowest BCUT2D eigenvalue weighted by Crippen LogP contribution is -1.98. The fraction of sp³-hybridized carbons (Fsp3) is 0. The van der Waals surface area contributed by atoms with E-state index in [0.717, 1.165) is 83.3 Å². The van der Waals surface area contributed by atoms with E-state index in [1.54, 1.807) is 0 Å². The first kappa shape index (κ1) is 56.6. The molecule has 0 fully saturated rings. The molecule has 21 aromatic rings. The minimum absolute atomic E-state index is 0.706. The molecule has 0 saturated heterocycles. The van der Waals surface area contributed by atoms with Crippen molar-refractivity contribution >= 4 is 149 Å². The maximum Gasteiger partial charge on any atom is 0.161 e. The molecule has 5 heteroatoms. The molecule has 462 valence electrons. The number of rotatable bonds is 8. The van der Waals surface area contributed by atoms with Crippen LogP contribution < -0.4 is 0 Å². The van der Waals surface area contributed by atoms with Crippen LogP contribution in [-0.4, -0.2) is 15.0 Å². The molecule has 100 heavy (non-hydrogen) atoms. The average Bonchev–Trinajstić information content (AvgIpc) is 1.42. The van der Waals surface area contributed by atoms with Crippen molar-refractivity contribution in [2.24, 2.45) is 0 Å². The van der Waals surface area contributed by atoms with Crippen molar-refractivity contribution in [2.45, 2.75) is 0 Å². The minimum Gasteiger partial charge on any atom is -0.248 e. The first-order valence-electron chi connectivity index (χ1n) is 34.1. The number of aromatic nitrogens is 3. The van der Waals surface area contributed by atoms with Gasteiger partial charge in [0, 0.05) is 78.9 Å². The Morgan fingerprint density at radius 2 is 0.520 bits per heavy atom. The first-order valence-corrected chi connectivity index (χ1v) is 35.8. The highest BCUT2D eigenvalue weighted by Gasteiger charge is 2.25. The monoisotopic (exact) mass is 1300 g/mol. The van der Waals surface area contributed by atoms with Crippen LogP contribution in [0.4, 0.5) is 0 Å². The summed E-state index contributed by atoms with van der Waals surface area (Å²) in [4.78, 5) is 16.4. The summed E-state index contributed by atoms with van der Waals surface area (Å²) in [5.74, 6) is 0.706. The third-order valence-corrected chi connectivity index (χ3v) is 23.2. The molecule has 0 bridgehead atoms. The molecule has 0 aliphatic carbocycles. The minimum atomic E-state index is 0.706. The summed E-state index contributed by atoms with van der Waals surface area (Å²) in [6.07, 6.45) is 0. The van der Waals surface area contributed by atoms with E-state index in [-0.39, 0.29) is 0 Å². The van der Waals surface area contributed by atoms with Gasteiger partial charge in [-0.2, -0.15) is 0 Å². The number of nitrogens with zero attached hydrogens (tertiary/aromatic N) is 3. The van der Waals surface area contributed by atoms with Crippen molar-refractivity contribution in [1.29, 1.82) is 0 Å². The summed E-state index contributed by atoms with van der Waals surface area (Å²) in [6.45, 7) is 0. The second kappa shape index (κ2) is 22.5. The summed E-state index contributed by atoms with van der Waals surface area (Å²) in [5.41, 5.74) is 16.1. The molecule has 0 spiro atoms. The molecule has 0 amide bonds. The van der Waals surface area contributed by atoms with Crippen molar-refractivity contribution in [1.82, 2.24) is 15.0 Å². The highest BCUT2D eigenvalue weighted by Crippen LogP contribution is 2.52. The summed E-state index contributed by atoms with van der Waals surface area (Å²) in [6, 6.07) is 122. The number of hydrogen-bond acceptors (Lipinski definition) is 5. The summed E-state index contributed by atoms with van der Waals surface area (Å²) in [7, 11) is 0. The van der Waals surface area contributed by atoms with Crippen LogP contribution in [0.3, 0.4) is 0 Å².